The number of ether oxygens (including phenoxy) is 1. The monoisotopic (exact) mass is 548 g/mol. The SMILES string of the molecule is Cn1c(Nc2nc3ccc(OC(F)(F)F)cc3s2)nc2cc(C(=O)NCC(=O)N3CCCC(O)C3)ccc21. The number of benzene rings is 2. The Labute approximate surface area is 218 Å². The van der Waals surface area contributed by atoms with E-state index in [1.807, 2.05) is 0 Å². The molecule has 0 radical (unpaired) electrons. The van der Waals surface area contributed by atoms with Crippen molar-refractivity contribution in [3.63, 3.8) is 0 Å². The Balaban J connectivity index is 1.28. The summed E-state index contributed by atoms with van der Waals surface area (Å²) in [6.45, 7) is 0.645. The highest BCUT2D eigenvalue weighted by Gasteiger charge is 2.31. The number of fused-ring (bicyclic) bond motifs is 2. The first-order valence-electron chi connectivity index (χ1n) is 11.7. The zero-order valence-electron chi connectivity index (χ0n) is 20.1. The van der Waals surface area contributed by atoms with Crippen LogP contribution in [0.1, 0.15) is 23.2 Å². The van der Waals surface area contributed by atoms with E-state index in [1.54, 1.807) is 34.7 Å². The van der Waals surface area contributed by atoms with E-state index in [0.717, 1.165) is 23.3 Å². The summed E-state index contributed by atoms with van der Waals surface area (Å²) < 4.78 is 43.8. The van der Waals surface area contributed by atoms with Gasteiger partial charge in [-0.15, -0.1) is 13.2 Å². The van der Waals surface area contributed by atoms with E-state index >= 15 is 0 Å². The number of aliphatic hydroxyl groups excluding tert-OH is 1. The molecule has 4 aromatic rings. The molecule has 1 unspecified atom stereocenters. The molecule has 1 aliphatic rings. The van der Waals surface area contributed by atoms with E-state index in [1.165, 1.54) is 18.2 Å². The van der Waals surface area contributed by atoms with Crippen LogP contribution in [0, 0.1) is 0 Å². The topological polar surface area (TPSA) is 122 Å². The average molecular weight is 549 g/mol. The summed E-state index contributed by atoms with van der Waals surface area (Å²) in [5.74, 6) is -0.595. The van der Waals surface area contributed by atoms with E-state index in [2.05, 4.69) is 25.3 Å². The maximum absolute atomic E-state index is 12.7. The van der Waals surface area contributed by atoms with Gasteiger partial charge in [-0.05, 0) is 43.2 Å². The van der Waals surface area contributed by atoms with Gasteiger partial charge in [0.25, 0.3) is 5.91 Å². The van der Waals surface area contributed by atoms with Crippen LogP contribution in [0.15, 0.2) is 36.4 Å². The minimum Gasteiger partial charge on any atom is -0.406 e. The number of anilines is 2. The number of rotatable bonds is 6. The van der Waals surface area contributed by atoms with Crippen LogP contribution in [0.3, 0.4) is 0 Å². The highest BCUT2D eigenvalue weighted by molar-refractivity contribution is 7.22. The molecule has 10 nitrogen and oxygen atoms in total. The predicted octanol–water partition coefficient (Wildman–Crippen LogP) is 3.54. The number of thiazole rings is 1. The van der Waals surface area contributed by atoms with Crippen LogP contribution in [0.4, 0.5) is 24.3 Å². The number of nitrogens with one attached hydrogen (secondary N) is 2. The number of aliphatic hydroxyl groups is 1. The van der Waals surface area contributed by atoms with Gasteiger partial charge in [-0.3, -0.25) is 9.59 Å². The van der Waals surface area contributed by atoms with Gasteiger partial charge in [-0.1, -0.05) is 11.3 Å². The Bertz CT molecular complexity index is 1520. The van der Waals surface area contributed by atoms with Crippen molar-refractivity contribution in [3.05, 3.63) is 42.0 Å². The van der Waals surface area contributed by atoms with Crippen LogP contribution >= 0.6 is 11.3 Å². The lowest BCUT2D eigenvalue weighted by Gasteiger charge is -2.30. The normalized spacial score (nSPS) is 16.1. The second kappa shape index (κ2) is 10.1. The molecule has 1 atom stereocenters. The van der Waals surface area contributed by atoms with Crippen molar-refractivity contribution in [1.82, 2.24) is 24.8 Å². The minimum absolute atomic E-state index is 0.175. The lowest BCUT2D eigenvalue weighted by atomic mass is 10.1. The van der Waals surface area contributed by atoms with E-state index in [0.29, 0.717) is 45.3 Å². The van der Waals surface area contributed by atoms with E-state index in [9.17, 15) is 27.9 Å². The van der Waals surface area contributed by atoms with Gasteiger partial charge in [-0.25, -0.2) is 9.97 Å². The van der Waals surface area contributed by atoms with Gasteiger partial charge >= 0.3 is 6.36 Å². The van der Waals surface area contributed by atoms with Crippen molar-refractivity contribution >= 4 is 55.5 Å². The van der Waals surface area contributed by atoms with E-state index < -0.39 is 18.4 Å². The number of aryl methyl sites for hydroxylation is 1. The number of alkyl halides is 3. The molecule has 200 valence electrons. The highest BCUT2D eigenvalue weighted by Crippen LogP contribution is 2.33. The van der Waals surface area contributed by atoms with E-state index in [4.69, 9.17) is 0 Å². The summed E-state index contributed by atoms with van der Waals surface area (Å²) in [6.07, 6.45) is -3.94. The number of amides is 2. The highest BCUT2D eigenvalue weighted by atomic mass is 32.1. The number of aromatic nitrogens is 3. The molecule has 38 heavy (non-hydrogen) atoms. The van der Waals surface area contributed by atoms with Crippen molar-refractivity contribution < 1.29 is 32.6 Å². The summed E-state index contributed by atoms with van der Waals surface area (Å²) >= 11 is 1.14. The summed E-state index contributed by atoms with van der Waals surface area (Å²) in [5.41, 5.74) is 2.07. The predicted molar refractivity (Wildman–Crippen MR) is 134 cm³/mol. The molecule has 14 heteroatoms. The third kappa shape index (κ3) is 5.65. The first-order valence-corrected chi connectivity index (χ1v) is 12.5. The lowest BCUT2D eigenvalue weighted by molar-refractivity contribution is -0.274. The Morgan fingerprint density at radius 3 is 2.76 bits per heavy atom. The van der Waals surface area contributed by atoms with Gasteiger partial charge < -0.3 is 29.9 Å². The summed E-state index contributed by atoms with van der Waals surface area (Å²) in [4.78, 5) is 35.5. The number of nitrogens with zero attached hydrogens (tertiary/aromatic N) is 4. The zero-order valence-corrected chi connectivity index (χ0v) is 20.9. The Kier molecular flexibility index (Phi) is 6.84. The first kappa shape index (κ1) is 25.7. The van der Waals surface area contributed by atoms with Gasteiger partial charge in [-0.2, -0.15) is 0 Å². The van der Waals surface area contributed by atoms with Crippen LogP contribution in [-0.2, 0) is 11.8 Å². The molecule has 2 aromatic carbocycles. The lowest BCUT2D eigenvalue weighted by Crippen LogP contribution is -2.46. The number of hydrogen-bond donors (Lipinski definition) is 3. The number of imidazole rings is 1. The fourth-order valence-electron chi connectivity index (χ4n) is 4.26. The minimum atomic E-state index is -4.78. The molecule has 0 saturated carbocycles. The number of carbonyl (C=O) groups is 2. The molecule has 5 rings (SSSR count). The van der Waals surface area contributed by atoms with Crippen molar-refractivity contribution in [1.29, 1.82) is 0 Å². The molecule has 1 aliphatic heterocycles. The number of halogens is 3. The van der Waals surface area contributed by atoms with Crippen molar-refractivity contribution in [2.24, 2.45) is 7.05 Å². The fourth-order valence-corrected chi connectivity index (χ4v) is 5.14. The van der Waals surface area contributed by atoms with Crippen molar-refractivity contribution in [2.75, 3.05) is 25.0 Å². The molecule has 3 heterocycles. The second-order valence-electron chi connectivity index (χ2n) is 8.84. The number of hydrogen-bond acceptors (Lipinski definition) is 8. The maximum atomic E-state index is 12.7. The van der Waals surface area contributed by atoms with Crippen LogP contribution in [0.25, 0.3) is 21.3 Å². The molecule has 0 spiro atoms. The van der Waals surface area contributed by atoms with Crippen molar-refractivity contribution in [2.45, 2.75) is 25.3 Å². The van der Waals surface area contributed by atoms with Crippen LogP contribution < -0.4 is 15.4 Å². The number of piperidine rings is 1. The van der Waals surface area contributed by atoms with Gasteiger partial charge in [0.05, 0.1) is 33.9 Å². The molecule has 2 aromatic heterocycles. The average Bonchev–Trinajstić information content (AvgIpc) is 3.40. The van der Waals surface area contributed by atoms with Crippen LogP contribution in [0.2, 0.25) is 0 Å². The van der Waals surface area contributed by atoms with Gasteiger partial charge in [0, 0.05) is 31.8 Å². The van der Waals surface area contributed by atoms with E-state index in [-0.39, 0.29) is 24.7 Å². The smallest absolute Gasteiger partial charge is 0.406 e. The molecule has 0 bridgehead atoms. The third-order valence-electron chi connectivity index (χ3n) is 6.10. The fraction of sp³-hybridized carbons (Fsp3) is 0.333. The van der Waals surface area contributed by atoms with Crippen LogP contribution in [-0.4, -0.2) is 68.5 Å². The largest absolute Gasteiger partial charge is 0.573 e. The van der Waals surface area contributed by atoms with Gasteiger partial charge in [0.2, 0.25) is 11.9 Å². The second-order valence-corrected chi connectivity index (χ2v) is 9.87. The summed E-state index contributed by atoms with van der Waals surface area (Å²) in [5, 5.41) is 15.9. The summed E-state index contributed by atoms with van der Waals surface area (Å²) in [6, 6.07) is 8.86. The molecular weight excluding hydrogens is 525 g/mol. The summed E-state index contributed by atoms with van der Waals surface area (Å²) in [7, 11) is 1.77. The van der Waals surface area contributed by atoms with Crippen LogP contribution in [0.5, 0.6) is 5.75 Å². The quantitative estimate of drug-likeness (QED) is 0.337. The van der Waals surface area contributed by atoms with Gasteiger partial charge in [0.1, 0.15) is 5.75 Å². The first-order chi connectivity index (χ1) is 18.1. The number of β-amino-alcohol motifs (C(OH)–C–C–N with tert-alkyl or cyclic N) is 1. The zero-order chi connectivity index (χ0) is 27.0. The molecule has 1 fully saturated rings. The Morgan fingerprint density at radius 2 is 2.00 bits per heavy atom. The third-order valence-corrected chi connectivity index (χ3v) is 7.04. The molecular formula is C24H23F3N6O4S. The Morgan fingerprint density at radius 1 is 1.18 bits per heavy atom. The molecule has 1 saturated heterocycles. The maximum Gasteiger partial charge on any atom is 0.573 e. The van der Waals surface area contributed by atoms with Crippen molar-refractivity contribution in [3.8, 4) is 5.75 Å². The van der Waals surface area contributed by atoms with Gasteiger partial charge in [0.15, 0.2) is 5.13 Å². The number of likely N-dealkylation sites (tertiary alicyclic amines) is 1. The number of carbonyl (C=O) groups excluding carboxylic acids is 2. The molecule has 0 aliphatic carbocycles. The standard InChI is InChI=1S/C24H23F3N6O4S/c1-32-18-7-4-13(21(36)28-11-20(35)33-8-2-3-14(34)12-33)9-17(18)29-22(32)31-23-30-16-6-5-15(10-19(16)38-23)37-24(25,26)27/h4-7,9-10,14,34H,2-3,8,11-12H2,1H3,(H,28,36)(H,29,30,31). The molecule has 3 N–H and O–H groups in total. The Hall–Kier alpha value is -3.91. The molecule has 2 amide bonds.